The zero-order chi connectivity index (χ0) is 15.0. The highest BCUT2D eigenvalue weighted by Gasteiger charge is 2.13. The Morgan fingerprint density at radius 3 is 2.62 bits per heavy atom. The third kappa shape index (κ3) is 3.02. The molecule has 0 amide bonds. The van der Waals surface area contributed by atoms with E-state index in [1.165, 1.54) is 23.9 Å². The number of oxazole rings is 1. The summed E-state index contributed by atoms with van der Waals surface area (Å²) in [5, 5.41) is 5.52. The molecule has 0 atom stereocenters. The van der Waals surface area contributed by atoms with Crippen molar-refractivity contribution in [3.63, 3.8) is 0 Å². The van der Waals surface area contributed by atoms with Crippen molar-refractivity contribution < 1.29 is 12.8 Å². The summed E-state index contributed by atoms with van der Waals surface area (Å²) in [4.78, 5) is 4.85. The molecule has 108 valence electrons. The normalized spacial score (nSPS) is 11.9. The highest BCUT2D eigenvalue weighted by molar-refractivity contribution is 7.99. The van der Waals surface area contributed by atoms with Crippen LogP contribution in [0.1, 0.15) is 0 Å². The summed E-state index contributed by atoms with van der Waals surface area (Å²) in [6.45, 7) is 0. The number of rotatable bonds is 3. The number of hydrogen-bond donors (Lipinski definition) is 2. The largest absolute Gasteiger partial charge is 0.431 e. The van der Waals surface area contributed by atoms with E-state index in [0.717, 1.165) is 5.52 Å². The van der Waals surface area contributed by atoms with Crippen LogP contribution in [0.4, 0.5) is 5.69 Å². The van der Waals surface area contributed by atoms with Crippen LogP contribution in [-0.2, 0) is 10.0 Å². The Bertz CT molecular complexity index is 886. The quantitative estimate of drug-likeness (QED) is 0.715. The number of nitrogen functional groups attached to an aromatic ring is 1. The van der Waals surface area contributed by atoms with Crippen molar-refractivity contribution in [2.75, 3.05) is 5.73 Å². The number of benzene rings is 2. The van der Waals surface area contributed by atoms with E-state index in [1.54, 1.807) is 6.07 Å². The summed E-state index contributed by atoms with van der Waals surface area (Å²) in [6, 6.07) is 11.7. The third-order valence-corrected chi connectivity index (χ3v) is 4.42. The molecule has 0 saturated heterocycles. The third-order valence-electron chi connectivity index (χ3n) is 2.71. The van der Waals surface area contributed by atoms with Crippen molar-refractivity contribution in [1.82, 2.24) is 4.98 Å². The van der Waals surface area contributed by atoms with Crippen LogP contribution in [0.25, 0.3) is 11.1 Å². The molecule has 8 heteroatoms. The van der Waals surface area contributed by atoms with Gasteiger partial charge in [-0.15, -0.1) is 0 Å². The number of nitrogens with two attached hydrogens (primary N) is 2. The number of para-hydroxylation sites is 2. The van der Waals surface area contributed by atoms with E-state index in [1.807, 2.05) is 24.3 Å². The molecule has 3 aromatic rings. The molecule has 0 radical (unpaired) electrons. The first-order chi connectivity index (χ1) is 9.91. The second-order valence-corrected chi connectivity index (χ2v) is 6.92. The van der Waals surface area contributed by atoms with E-state index in [4.69, 9.17) is 15.3 Å². The van der Waals surface area contributed by atoms with Crippen LogP contribution < -0.4 is 10.9 Å². The SMILES string of the molecule is Nc1cc(Sc2nc3ccccc3o2)cc(S(N)(=O)=O)c1. The summed E-state index contributed by atoms with van der Waals surface area (Å²) in [5.74, 6) is 0. The minimum Gasteiger partial charge on any atom is -0.431 e. The molecule has 0 bridgehead atoms. The maximum Gasteiger partial charge on any atom is 0.261 e. The van der Waals surface area contributed by atoms with Crippen molar-refractivity contribution >= 4 is 38.6 Å². The number of nitrogens with zero attached hydrogens (tertiary/aromatic N) is 1. The van der Waals surface area contributed by atoms with E-state index in [9.17, 15) is 8.42 Å². The van der Waals surface area contributed by atoms with Crippen LogP contribution >= 0.6 is 11.8 Å². The first-order valence-corrected chi connectivity index (χ1v) is 8.25. The van der Waals surface area contributed by atoms with Gasteiger partial charge >= 0.3 is 0 Å². The zero-order valence-electron chi connectivity index (χ0n) is 10.7. The predicted molar refractivity (Wildman–Crippen MR) is 80.4 cm³/mol. The molecule has 1 heterocycles. The van der Waals surface area contributed by atoms with Gasteiger partial charge in [0.2, 0.25) is 10.0 Å². The number of aromatic nitrogens is 1. The van der Waals surface area contributed by atoms with Gasteiger partial charge in [-0.05, 0) is 42.1 Å². The van der Waals surface area contributed by atoms with Crippen molar-refractivity contribution in [1.29, 1.82) is 0 Å². The highest BCUT2D eigenvalue weighted by atomic mass is 32.2. The molecule has 21 heavy (non-hydrogen) atoms. The Hall–Kier alpha value is -2.03. The predicted octanol–water partition coefficient (Wildman–Crippen LogP) is 2.21. The number of anilines is 1. The highest BCUT2D eigenvalue weighted by Crippen LogP contribution is 2.32. The summed E-state index contributed by atoms with van der Waals surface area (Å²) in [7, 11) is -3.81. The van der Waals surface area contributed by atoms with Gasteiger partial charge in [-0.25, -0.2) is 18.5 Å². The Morgan fingerprint density at radius 1 is 1.14 bits per heavy atom. The van der Waals surface area contributed by atoms with Crippen LogP contribution in [0.5, 0.6) is 0 Å². The van der Waals surface area contributed by atoms with Crippen LogP contribution in [-0.4, -0.2) is 13.4 Å². The smallest absolute Gasteiger partial charge is 0.261 e. The average Bonchev–Trinajstić information content (AvgIpc) is 2.79. The lowest BCUT2D eigenvalue weighted by atomic mass is 10.3. The maximum atomic E-state index is 11.4. The Balaban J connectivity index is 1.99. The van der Waals surface area contributed by atoms with Crippen molar-refractivity contribution in [3.8, 4) is 0 Å². The molecule has 0 saturated carbocycles. The minimum absolute atomic E-state index is 0.0406. The maximum absolute atomic E-state index is 11.4. The van der Waals surface area contributed by atoms with Crippen molar-refractivity contribution in [2.24, 2.45) is 5.14 Å². The molecule has 0 fully saturated rings. The number of sulfonamides is 1. The van der Waals surface area contributed by atoms with Gasteiger partial charge in [0.15, 0.2) is 5.58 Å². The molecule has 3 rings (SSSR count). The standard InChI is InChI=1S/C13H11N3O3S2/c14-8-5-9(7-10(6-8)21(15,17)18)20-13-16-11-3-1-2-4-12(11)19-13/h1-7H,14H2,(H2,15,17,18). The zero-order valence-corrected chi connectivity index (χ0v) is 12.3. The van der Waals surface area contributed by atoms with Gasteiger partial charge < -0.3 is 10.2 Å². The summed E-state index contributed by atoms with van der Waals surface area (Å²) >= 11 is 1.18. The lowest BCUT2D eigenvalue weighted by molar-refractivity contribution is 0.489. The lowest BCUT2D eigenvalue weighted by Gasteiger charge is -2.03. The Labute approximate surface area is 125 Å². The van der Waals surface area contributed by atoms with Crippen LogP contribution in [0.2, 0.25) is 0 Å². The van der Waals surface area contributed by atoms with Gasteiger partial charge in [0.25, 0.3) is 5.22 Å². The van der Waals surface area contributed by atoms with Crippen LogP contribution in [0, 0.1) is 0 Å². The second-order valence-electron chi connectivity index (χ2n) is 4.33. The molecular formula is C13H11N3O3S2. The molecule has 0 aliphatic carbocycles. The summed E-state index contributed by atoms with van der Waals surface area (Å²) < 4.78 is 28.4. The van der Waals surface area contributed by atoms with Crippen LogP contribution in [0.15, 0.2) is 61.9 Å². The number of primary sulfonamides is 1. The molecular weight excluding hydrogens is 310 g/mol. The molecule has 1 aromatic heterocycles. The van der Waals surface area contributed by atoms with Crippen molar-refractivity contribution in [3.05, 3.63) is 42.5 Å². The molecule has 6 nitrogen and oxygen atoms in total. The van der Waals surface area contributed by atoms with Gasteiger partial charge in [-0.1, -0.05) is 12.1 Å². The van der Waals surface area contributed by atoms with E-state index in [2.05, 4.69) is 4.98 Å². The number of fused-ring (bicyclic) bond motifs is 1. The van der Waals surface area contributed by atoms with E-state index < -0.39 is 10.0 Å². The molecule has 0 aliphatic rings. The van der Waals surface area contributed by atoms with Gasteiger partial charge in [0.1, 0.15) is 5.52 Å². The second kappa shape index (κ2) is 5.06. The molecule has 2 aromatic carbocycles. The molecule has 0 aliphatic heterocycles. The van der Waals surface area contributed by atoms with E-state index >= 15 is 0 Å². The summed E-state index contributed by atoms with van der Waals surface area (Å²) in [6.07, 6.45) is 0. The molecule has 0 spiro atoms. The monoisotopic (exact) mass is 321 g/mol. The number of hydrogen-bond acceptors (Lipinski definition) is 6. The van der Waals surface area contributed by atoms with Gasteiger partial charge in [0, 0.05) is 10.6 Å². The first kappa shape index (κ1) is 13.9. The lowest BCUT2D eigenvalue weighted by Crippen LogP contribution is -2.12. The van der Waals surface area contributed by atoms with E-state index in [-0.39, 0.29) is 4.90 Å². The van der Waals surface area contributed by atoms with Gasteiger partial charge in [-0.3, -0.25) is 0 Å². The Kier molecular flexibility index (Phi) is 3.36. The Morgan fingerprint density at radius 2 is 1.90 bits per heavy atom. The first-order valence-electron chi connectivity index (χ1n) is 5.88. The fourth-order valence-corrected chi connectivity index (χ4v) is 3.34. The fourth-order valence-electron chi connectivity index (χ4n) is 1.81. The van der Waals surface area contributed by atoms with Crippen molar-refractivity contribution in [2.45, 2.75) is 15.0 Å². The minimum atomic E-state index is -3.81. The molecule has 4 N–H and O–H groups in total. The van der Waals surface area contributed by atoms with Gasteiger partial charge in [-0.2, -0.15) is 0 Å². The van der Waals surface area contributed by atoms with Gasteiger partial charge in [0.05, 0.1) is 4.90 Å². The van der Waals surface area contributed by atoms with E-state index in [0.29, 0.717) is 21.4 Å². The molecule has 0 unspecified atom stereocenters. The van der Waals surface area contributed by atoms with Crippen LogP contribution in [0.3, 0.4) is 0 Å². The topological polar surface area (TPSA) is 112 Å². The fraction of sp³-hybridized carbons (Fsp3) is 0. The average molecular weight is 321 g/mol. The summed E-state index contributed by atoms with van der Waals surface area (Å²) in [5.41, 5.74) is 7.40.